The molecule has 3 aromatic rings. The molecule has 1 atom stereocenters. The van der Waals surface area contributed by atoms with Crippen molar-refractivity contribution >= 4 is 27.6 Å². The van der Waals surface area contributed by atoms with Crippen LogP contribution in [0.3, 0.4) is 0 Å². The maximum Gasteiger partial charge on any atom is 0.261 e. The van der Waals surface area contributed by atoms with Crippen molar-refractivity contribution in [3.8, 4) is 0 Å². The standard InChI is InChI=1S/C24H20FN3O5S/c25-17-7-9-18(10-8-17)34(32,33)21(16-4-3-12-26-14-16)15-27-22(29)11-13-28-23(30)19-5-1-2-6-20(19)24(28)31/h1-10,12,14,21H,11,13,15H2,(H,27,29). The van der Waals surface area contributed by atoms with Crippen LogP contribution in [-0.2, 0) is 14.6 Å². The van der Waals surface area contributed by atoms with Gasteiger partial charge in [-0.25, -0.2) is 12.8 Å². The summed E-state index contributed by atoms with van der Waals surface area (Å²) in [5, 5.41) is 1.40. The number of hydrogen-bond acceptors (Lipinski definition) is 6. The van der Waals surface area contributed by atoms with E-state index in [-0.39, 0.29) is 35.5 Å². The van der Waals surface area contributed by atoms with E-state index in [0.717, 1.165) is 29.2 Å². The highest BCUT2D eigenvalue weighted by Crippen LogP contribution is 2.28. The van der Waals surface area contributed by atoms with E-state index in [0.29, 0.717) is 5.56 Å². The zero-order valence-corrected chi connectivity index (χ0v) is 18.7. The number of fused-ring (bicyclic) bond motifs is 1. The molecule has 3 amide bonds. The highest BCUT2D eigenvalue weighted by Gasteiger charge is 2.35. The molecule has 10 heteroatoms. The Morgan fingerprint density at radius 2 is 1.62 bits per heavy atom. The molecule has 1 aliphatic rings. The molecule has 0 radical (unpaired) electrons. The van der Waals surface area contributed by atoms with Crippen molar-refractivity contribution in [2.45, 2.75) is 16.6 Å². The number of imide groups is 1. The van der Waals surface area contributed by atoms with Crippen molar-refractivity contribution in [3.05, 3.63) is 95.6 Å². The van der Waals surface area contributed by atoms with E-state index in [4.69, 9.17) is 0 Å². The van der Waals surface area contributed by atoms with Crippen LogP contribution in [-0.4, -0.2) is 49.1 Å². The monoisotopic (exact) mass is 481 g/mol. The molecule has 2 aromatic carbocycles. The van der Waals surface area contributed by atoms with Crippen molar-refractivity contribution in [2.75, 3.05) is 13.1 Å². The summed E-state index contributed by atoms with van der Waals surface area (Å²) >= 11 is 0. The summed E-state index contributed by atoms with van der Waals surface area (Å²) in [5.41, 5.74) is 0.928. The van der Waals surface area contributed by atoms with Gasteiger partial charge in [0.05, 0.1) is 16.0 Å². The number of pyridine rings is 1. The molecular weight excluding hydrogens is 461 g/mol. The normalized spacial score (nSPS) is 14.1. The predicted molar refractivity (Wildman–Crippen MR) is 120 cm³/mol. The molecule has 0 spiro atoms. The van der Waals surface area contributed by atoms with E-state index in [9.17, 15) is 27.2 Å². The lowest BCUT2D eigenvalue weighted by molar-refractivity contribution is -0.121. The number of aromatic nitrogens is 1. The van der Waals surface area contributed by atoms with Crippen molar-refractivity contribution < 1.29 is 27.2 Å². The van der Waals surface area contributed by atoms with Crippen LogP contribution in [0.1, 0.15) is 38.0 Å². The van der Waals surface area contributed by atoms with Gasteiger partial charge in [-0.1, -0.05) is 18.2 Å². The van der Waals surface area contributed by atoms with Gasteiger partial charge in [0, 0.05) is 31.9 Å². The van der Waals surface area contributed by atoms with Crippen LogP contribution in [0.4, 0.5) is 4.39 Å². The molecule has 0 bridgehead atoms. The summed E-state index contributed by atoms with van der Waals surface area (Å²) in [7, 11) is -3.99. The summed E-state index contributed by atoms with van der Waals surface area (Å²) in [5.74, 6) is -2.04. The molecule has 1 aliphatic heterocycles. The molecule has 8 nitrogen and oxygen atoms in total. The fourth-order valence-electron chi connectivity index (χ4n) is 3.71. The Hall–Kier alpha value is -3.92. The highest BCUT2D eigenvalue weighted by atomic mass is 32.2. The Morgan fingerprint density at radius 1 is 0.971 bits per heavy atom. The second kappa shape index (κ2) is 9.52. The third-order valence-corrected chi connectivity index (χ3v) is 7.62. The molecular formula is C24H20FN3O5S. The highest BCUT2D eigenvalue weighted by molar-refractivity contribution is 7.91. The minimum absolute atomic E-state index is 0.0944. The summed E-state index contributed by atoms with van der Waals surface area (Å²) < 4.78 is 39.8. The van der Waals surface area contributed by atoms with Crippen molar-refractivity contribution in [1.29, 1.82) is 0 Å². The Kier molecular flexibility index (Phi) is 6.51. The zero-order valence-electron chi connectivity index (χ0n) is 17.8. The quantitative estimate of drug-likeness (QED) is 0.391. The van der Waals surface area contributed by atoms with Gasteiger partial charge in [0.15, 0.2) is 9.84 Å². The van der Waals surface area contributed by atoms with Gasteiger partial charge in [0.1, 0.15) is 11.1 Å². The molecule has 0 saturated carbocycles. The minimum Gasteiger partial charge on any atom is -0.354 e. The van der Waals surface area contributed by atoms with Crippen LogP contribution in [0, 0.1) is 5.82 Å². The molecule has 4 rings (SSSR count). The summed E-state index contributed by atoms with van der Waals surface area (Å²) in [4.78, 5) is 42.3. The SMILES string of the molecule is O=C(CCN1C(=O)c2ccccc2C1=O)NCC(c1cccnc1)S(=O)(=O)c1ccc(F)cc1. The van der Waals surface area contributed by atoms with Gasteiger partial charge >= 0.3 is 0 Å². The molecule has 1 aromatic heterocycles. The fourth-order valence-corrected chi connectivity index (χ4v) is 5.36. The first-order valence-corrected chi connectivity index (χ1v) is 11.9. The van der Waals surface area contributed by atoms with E-state index in [2.05, 4.69) is 10.3 Å². The molecule has 1 unspecified atom stereocenters. The number of carbonyl (C=O) groups is 3. The van der Waals surface area contributed by atoms with E-state index >= 15 is 0 Å². The van der Waals surface area contributed by atoms with Crippen LogP contribution in [0.5, 0.6) is 0 Å². The summed E-state index contributed by atoms with van der Waals surface area (Å²) in [6.07, 6.45) is 2.68. The Morgan fingerprint density at radius 3 is 2.21 bits per heavy atom. The van der Waals surface area contributed by atoms with Gasteiger partial charge in [-0.3, -0.25) is 24.3 Å². The van der Waals surface area contributed by atoms with Crippen molar-refractivity contribution in [2.24, 2.45) is 0 Å². The van der Waals surface area contributed by atoms with E-state index in [1.807, 2.05) is 0 Å². The number of nitrogens with zero attached hydrogens (tertiary/aromatic N) is 2. The molecule has 0 fully saturated rings. The lowest BCUT2D eigenvalue weighted by Gasteiger charge is -2.19. The molecule has 174 valence electrons. The molecule has 1 N–H and O–H groups in total. The molecule has 0 saturated heterocycles. The van der Waals surface area contributed by atoms with Gasteiger partial charge < -0.3 is 5.32 Å². The second-order valence-electron chi connectivity index (χ2n) is 7.64. The van der Waals surface area contributed by atoms with Crippen molar-refractivity contribution in [3.63, 3.8) is 0 Å². The van der Waals surface area contributed by atoms with E-state index in [1.165, 1.54) is 12.4 Å². The number of hydrogen-bond donors (Lipinski definition) is 1. The Labute approximate surface area is 195 Å². The number of sulfone groups is 1. The zero-order chi connectivity index (χ0) is 24.3. The number of rotatable bonds is 8. The van der Waals surface area contributed by atoms with Gasteiger partial charge in [-0.05, 0) is 48.0 Å². The first kappa shape index (κ1) is 23.2. The van der Waals surface area contributed by atoms with Gasteiger partial charge in [0.25, 0.3) is 11.8 Å². The number of amides is 3. The van der Waals surface area contributed by atoms with E-state index < -0.39 is 38.6 Å². The lowest BCUT2D eigenvalue weighted by atomic mass is 10.1. The molecule has 34 heavy (non-hydrogen) atoms. The molecule has 2 heterocycles. The number of nitrogens with one attached hydrogen (secondary N) is 1. The first-order valence-electron chi connectivity index (χ1n) is 10.4. The largest absolute Gasteiger partial charge is 0.354 e. The second-order valence-corrected chi connectivity index (χ2v) is 9.77. The van der Waals surface area contributed by atoms with Crippen molar-refractivity contribution in [1.82, 2.24) is 15.2 Å². The van der Waals surface area contributed by atoms with Crippen LogP contribution >= 0.6 is 0 Å². The minimum atomic E-state index is -3.99. The average Bonchev–Trinajstić information content (AvgIpc) is 3.08. The number of carbonyl (C=O) groups excluding carboxylic acids is 3. The predicted octanol–water partition coefficient (Wildman–Crippen LogP) is 2.54. The first-order chi connectivity index (χ1) is 16.3. The Bertz CT molecular complexity index is 1310. The maximum absolute atomic E-state index is 13.3. The van der Waals surface area contributed by atoms with Gasteiger partial charge in [0.2, 0.25) is 5.91 Å². The smallest absolute Gasteiger partial charge is 0.261 e. The van der Waals surface area contributed by atoms with E-state index in [1.54, 1.807) is 36.4 Å². The van der Waals surface area contributed by atoms with Crippen LogP contribution in [0.15, 0.2) is 78.0 Å². The van der Waals surface area contributed by atoms with Crippen LogP contribution in [0.25, 0.3) is 0 Å². The summed E-state index contributed by atoms with van der Waals surface area (Å²) in [6.45, 7) is -0.410. The maximum atomic E-state index is 13.3. The topological polar surface area (TPSA) is 114 Å². The fraction of sp³-hybridized carbons (Fsp3) is 0.167. The van der Waals surface area contributed by atoms with Gasteiger partial charge in [-0.15, -0.1) is 0 Å². The molecule has 0 aliphatic carbocycles. The third kappa shape index (κ3) is 4.58. The van der Waals surface area contributed by atoms with Crippen LogP contribution in [0.2, 0.25) is 0 Å². The Balaban J connectivity index is 1.45. The third-order valence-electron chi connectivity index (χ3n) is 5.50. The number of halogens is 1. The summed E-state index contributed by atoms with van der Waals surface area (Å²) in [6, 6.07) is 14.0. The van der Waals surface area contributed by atoms with Gasteiger partial charge in [-0.2, -0.15) is 0 Å². The average molecular weight is 482 g/mol. The van der Waals surface area contributed by atoms with Crippen LogP contribution < -0.4 is 5.32 Å². The number of benzene rings is 2. The lowest BCUT2D eigenvalue weighted by Crippen LogP contribution is -2.36.